The number of aromatic nitrogens is 2. The Bertz CT molecular complexity index is 1140. The van der Waals surface area contributed by atoms with Gasteiger partial charge in [0.05, 0.1) is 0 Å². The molecule has 2 rings (SSSR count). The number of hydrogen-bond donors (Lipinski definition) is 1. The lowest BCUT2D eigenvalue weighted by Gasteiger charge is -2.29. The lowest BCUT2D eigenvalue weighted by molar-refractivity contribution is 0.0443. The molecule has 0 fully saturated rings. The van der Waals surface area contributed by atoms with Gasteiger partial charge in [0, 0.05) is 36.4 Å². The first-order valence-electron chi connectivity index (χ1n) is 12.2. The number of rotatable bonds is 9. The lowest BCUT2D eigenvalue weighted by atomic mass is 9.92. The Balaban J connectivity index is 0.00000229. The summed E-state index contributed by atoms with van der Waals surface area (Å²) in [5, 5.41) is 11.1. The number of amides is 1. The van der Waals surface area contributed by atoms with Crippen molar-refractivity contribution in [2.24, 2.45) is 0 Å². The standard InChI is InChI=1S/C25H35ClN4O4S.C3H6/c1-17(26)14-20(15-18(2)30(7)35(8)32)21-28-29-22(33-21)25(6,16-19-12-10-9-11-13-19)27-23(31)34-24(3,4)5;1-3-2/h9-15,17H,16H2,1-8H3,(H,27,31);3H,1H2,2H3/b18-15+,20-14+;/t17?,25-,35?;/m1./s1. The molecule has 8 nitrogen and oxygen atoms in total. The molecule has 10 heteroatoms. The van der Waals surface area contributed by atoms with Crippen molar-refractivity contribution in [2.45, 2.75) is 71.4 Å². The van der Waals surface area contributed by atoms with E-state index < -0.39 is 28.2 Å². The van der Waals surface area contributed by atoms with Gasteiger partial charge in [-0.05, 0) is 60.1 Å². The van der Waals surface area contributed by atoms with Gasteiger partial charge >= 0.3 is 6.09 Å². The molecule has 38 heavy (non-hydrogen) atoms. The molecule has 0 saturated carbocycles. The van der Waals surface area contributed by atoms with Crippen LogP contribution in [0.5, 0.6) is 0 Å². The fraction of sp³-hybridized carbons (Fsp3) is 0.464. The first kappa shape index (κ1) is 33.1. The molecule has 1 N–H and O–H groups in total. The molecule has 1 aromatic heterocycles. The van der Waals surface area contributed by atoms with Crippen LogP contribution >= 0.6 is 11.6 Å². The number of ether oxygens (including phenoxy) is 1. The van der Waals surface area contributed by atoms with Crippen LogP contribution in [0, 0.1) is 0 Å². The van der Waals surface area contributed by atoms with Crippen LogP contribution in [0.1, 0.15) is 65.8 Å². The monoisotopic (exact) mass is 564 g/mol. The van der Waals surface area contributed by atoms with Gasteiger partial charge in [-0.15, -0.1) is 28.4 Å². The average molecular weight is 565 g/mol. The van der Waals surface area contributed by atoms with Crippen LogP contribution in [0.2, 0.25) is 0 Å². The summed E-state index contributed by atoms with van der Waals surface area (Å²) in [7, 11) is 0.531. The smallest absolute Gasteiger partial charge is 0.408 e. The Morgan fingerprint density at radius 2 is 1.84 bits per heavy atom. The highest BCUT2D eigenvalue weighted by atomic mass is 35.5. The van der Waals surface area contributed by atoms with Gasteiger partial charge in [-0.2, -0.15) is 0 Å². The van der Waals surface area contributed by atoms with Crippen molar-refractivity contribution in [1.29, 1.82) is 0 Å². The largest absolute Gasteiger partial charge is 0.444 e. The number of allylic oxidation sites excluding steroid dienone is 5. The van der Waals surface area contributed by atoms with E-state index in [4.69, 9.17) is 20.8 Å². The number of alkyl carbamates (subject to hydrolysis) is 1. The summed E-state index contributed by atoms with van der Waals surface area (Å²) in [6.07, 6.45) is 6.69. The number of halogens is 1. The molecule has 0 aliphatic rings. The zero-order valence-corrected chi connectivity index (χ0v) is 25.4. The summed E-state index contributed by atoms with van der Waals surface area (Å²) in [6.45, 7) is 16.1. The molecule has 1 heterocycles. The van der Waals surface area contributed by atoms with Crippen molar-refractivity contribution >= 4 is 34.3 Å². The van der Waals surface area contributed by atoms with Crippen molar-refractivity contribution < 1.29 is 18.2 Å². The van der Waals surface area contributed by atoms with Crippen molar-refractivity contribution in [3.05, 3.63) is 78.2 Å². The molecule has 3 atom stereocenters. The molecule has 0 spiro atoms. The van der Waals surface area contributed by atoms with Crippen LogP contribution in [0.15, 0.2) is 65.3 Å². The molecule has 2 unspecified atom stereocenters. The number of hydrogen-bond acceptors (Lipinski definition) is 6. The van der Waals surface area contributed by atoms with Crippen LogP contribution in [0.3, 0.4) is 0 Å². The first-order chi connectivity index (χ1) is 17.6. The third-order valence-electron chi connectivity index (χ3n) is 4.98. The lowest BCUT2D eigenvalue weighted by Crippen LogP contribution is -2.47. The van der Waals surface area contributed by atoms with Gasteiger partial charge in [-0.1, -0.05) is 42.5 Å². The summed E-state index contributed by atoms with van der Waals surface area (Å²) >= 11 is 6.24. The molecule has 0 aliphatic carbocycles. The molecule has 0 aliphatic heterocycles. The molecule has 0 radical (unpaired) electrons. The fourth-order valence-corrected chi connectivity index (χ4v) is 3.81. The predicted octanol–water partition coefficient (Wildman–Crippen LogP) is 6.38. The van der Waals surface area contributed by atoms with E-state index in [1.54, 1.807) is 56.6 Å². The van der Waals surface area contributed by atoms with Crippen LogP contribution in [0.25, 0.3) is 5.57 Å². The van der Waals surface area contributed by atoms with Crippen molar-refractivity contribution in [3.63, 3.8) is 0 Å². The number of alkyl halides is 1. The molecule has 1 aromatic carbocycles. The van der Waals surface area contributed by atoms with Gasteiger partial charge in [-0.25, -0.2) is 9.00 Å². The maximum absolute atomic E-state index is 12.7. The molecular formula is C28H41ClN4O4S. The van der Waals surface area contributed by atoms with Gasteiger partial charge < -0.3 is 14.5 Å². The minimum Gasteiger partial charge on any atom is -0.444 e. The third-order valence-corrected chi connectivity index (χ3v) is 6.16. The molecule has 2 aromatic rings. The summed E-state index contributed by atoms with van der Waals surface area (Å²) in [4.78, 5) is 12.7. The van der Waals surface area contributed by atoms with E-state index in [0.29, 0.717) is 12.0 Å². The van der Waals surface area contributed by atoms with Crippen LogP contribution in [0.4, 0.5) is 4.79 Å². The van der Waals surface area contributed by atoms with Gasteiger partial charge in [0.2, 0.25) is 11.8 Å². The Morgan fingerprint density at radius 1 is 1.26 bits per heavy atom. The van der Waals surface area contributed by atoms with E-state index in [2.05, 4.69) is 22.1 Å². The fourth-order valence-electron chi connectivity index (χ4n) is 3.22. The molecule has 0 bridgehead atoms. The Hall–Kier alpha value is -2.91. The predicted molar refractivity (Wildman–Crippen MR) is 156 cm³/mol. The van der Waals surface area contributed by atoms with E-state index >= 15 is 0 Å². The van der Waals surface area contributed by atoms with Gasteiger partial charge in [0.1, 0.15) is 22.1 Å². The van der Waals surface area contributed by atoms with E-state index in [0.717, 1.165) is 11.3 Å². The van der Waals surface area contributed by atoms with Crippen molar-refractivity contribution in [1.82, 2.24) is 19.8 Å². The second-order valence-corrected chi connectivity index (χ2v) is 12.0. The first-order valence-corrected chi connectivity index (χ1v) is 14.1. The Labute approximate surface area is 234 Å². The van der Waals surface area contributed by atoms with Crippen LogP contribution in [-0.4, -0.2) is 49.1 Å². The van der Waals surface area contributed by atoms with Gasteiger partial charge in [0.25, 0.3) is 0 Å². The minimum absolute atomic E-state index is 0.216. The highest BCUT2D eigenvalue weighted by Gasteiger charge is 2.36. The Kier molecular flexibility index (Phi) is 13.0. The summed E-state index contributed by atoms with van der Waals surface area (Å²) < 4.78 is 25.1. The number of carbonyl (C=O) groups is 1. The maximum atomic E-state index is 12.7. The zero-order valence-electron chi connectivity index (χ0n) is 23.9. The van der Waals surface area contributed by atoms with Crippen LogP contribution < -0.4 is 5.32 Å². The zero-order chi connectivity index (χ0) is 29.1. The average Bonchev–Trinajstić information content (AvgIpc) is 3.28. The topological polar surface area (TPSA) is 97.6 Å². The highest BCUT2D eigenvalue weighted by molar-refractivity contribution is 7.81. The molecule has 1 amide bonds. The summed E-state index contributed by atoms with van der Waals surface area (Å²) in [6, 6.07) is 9.69. The summed E-state index contributed by atoms with van der Waals surface area (Å²) in [5.41, 5.74) is 0.567. The highest BCUT2D eigenvalue weighted by Crippen LogP contribution is 2.28. The van der Waals surface area contributed by atoms with E-state index in [-0.39, 0.29) is 17.2 Å². The number of nitrogens with one attached hydrogen (secondary N) is 1. The second kappa shape index (κ2) is 14.9. The normalized spacial score (nSPS) is 15.3. The molecule has 0 saturated heterocycles. The number of nitrogens with zero attached hydrogens (tertiary/aromatic N) is 3. The Morgan fingerprint density at radius 3 is 2.34 bits per heavy atom. The van der Waals surface area contributed by atoms with E-state index in [1.165, 1.54) is 0 Å². The maximum Gasteiger partial charge on any atom is 0.408 e. The van der Waals surface area contributed by atoms with Crippen molar-refractivity contribution in [3.8, 4) is 0 Å². The number of carbonyl (C=O) groups excluding carboxylic acids is 1. The SMILES string of the molecule is C/C(=C\C(=C/C(C)Cl)c1nnc([C@@](C)(Cc2ccccc2)NC(=O)OC(C)(C)C)o1)N(C)S(C)=O.C=CC. The third kappa shape index (κ3) is 11.2. The quantitative estimate of drug-likeness (QED) is 0.215. The van der Waals surface area contributed by atoms with E-state index in [1.807, 2.05) is 58.0 Å². The van der Waals surface area contributed by atoms with Gasteiger partial charge in [0.15, 0.2) is 0 Å². The minimum atomic E-state index is -1.20. The van der Waals surface area contributed by atoms with Crippen molar-refractivity contribution in [2.75, 3.05) is 13.3 Å². The van der Waals surface area contributed by atoms with Crippen LogP contribution in [-0.2, 0) is 27.7 Å². The second-order valence-electron chi connectivity index (χ2n) is 9.95. The molecule has 210 valence electrons. The number of benzene rings is 1. The van der Waals surface area contributed by atoms with Gasteiger partial charge in [-0.3, -0.25) is 4.31 Å². The van der Waals surface area contributed by atoms with E-state index in [9.17, 15) is 9.00 Å². The summed E-state index contributed by atoms with van der Waals surface area (Å²) in [5.74, 6) is 0.446. The molecular weight excluding hydrogens is 524 g/mol.